The Morgan fingerprint density at radius 2 is 1.59 bits per heavy atom. The maximum absolute atomic E-state index is 11.5. The van der Waals surface area contributed by atoms with Crippen LogP contribution in [0.5, 0.6) is 0 Å². The molecule has 2 amide bonds. The number of hydrogen-bond acceptors (Lipinski definition) is 4. The van der Waals surface area contributed by atoms with Crippen molar-refractivity contribution in [3.8, 4) is 0 Å². The van der Waals surface area contributed by atoms with Gasteiger partial charge >= 0.3 is 0 Å². The summed E-state index contributed by atoms with van der Waals surface area (Å²) in [7, 11) is 0. The van der Waals surface area contributed by atoms with Crippen molar-refractivity contribution in [3.63, 3.8) is 0 Å². The molecule has 0 rings (SSSR count). The van der Waals surface area contributed by atoms with E-state index in [0.717, 1.165) is 13.0 Å². The van der Waals surface area contributed by atoms with E-state index in [1.54, 1.807) is 0 Å². The molecule has 6 heteroatoms. The van der Waals surface area contributed by atoms with Crippen molar-refractivity contribution < 1.29 is 14.3 Å². The van der Waals surface area contributed by atoms with E-state index < -0.39 is 0 Å². The van der Waals surface area contributed by atoms with Crippen molar-refractivity contribution in [1.82, 2.24) is 16.0 Å². The van der Waals surface area contributed by atoms with E-state index >= 15 is 0 Å². The zero-order chi connectivity index (χ0) is 16.8. The van der Waals surface area contributed by atoms with Crippen LogP contribution in [0.1, 0.15) is 47.0 Å². The second-order valence-corrected chi connectivity index (χ2v) is 6.12. The van der Waals surface area contributed by atoms with Gasteiger partial charge in [-0.15, -0.1) is 0 Å². The summed E-state index contributed by atoms with van der Waals surface area (Å²) in [5.74, 6) is 0.417. The lowest BCUT2D eigenvalue weighted by Crippen LogP contribution is -2.30. The molecule has 0 aliphatic heterocycles. The second-order valence-electron chi connectivity index (χ2n) is 6.12. The summed E-state index contributed by atoms with van der Waals surface area (Å²) in [6.07, 6.45) is 1.82. The molecule has 0 radical (unpaired) electrons. The maximum Gasteiger partial charge on any atom is 0.222 e. The first-order chi connectivity index (χ1) is 10.4. The first-order valence-corrected chi connectivity index (χ1v) is 8.26. The molecule has 22 heavy (non-hydrogen) atoms. The standard InChI is InChI=1S/C16H33N3O3/c1-13(2)12-16(21)19-9-11-22-10-6-15(20)18-8-5-7-17-14(3)4/h13-14,17H,5-12H2,1-4H3,(H,18,20)(H,19,21). The van der Waals surface area contributed by atoms with Crippen molar-refractivity contribution >= 4 is 11.8 Å². The average molecular weight is 315 g/mol. The highest BCUT2D eigenvalue weighted by Crippen LogP contribution is 1.97. The van der Waals surface area contributed by atoms with Gasteiger partial charge in [0.25, 0.3) is 0 Å². The number of ether oxygens (including phenoxy) is 1. The van der Waals surface area contributed by atoms with Gasteiger partial charge in [-0.05, 0) is 18.9 Å². The Morgan fingerprint density at radius 3 is 2.23 bits per heavy atom. The molecule has 6 nitrogen and oxygen atoms in total. The molecule has 0 atom stereocenters. The minimum Gasteiger partial charge on any atom is -0.379 e. The van der Waals surface area contributed by atoms with Gasteiger partial charge in [0.05, 0.1) is 13.2 Å². The predicted molar refractivity (Wildman–Crippen MR) is 88.7 cm³/mol. The SMILES string of the molecule is CC(C)CC(=O)NCCOCCC(=O)NCCCNC(C)C. The Morgan fingerprint density at radius 1 is 0.909 bits per heavy atom. The monoisotopic (exact) mass is 315 g/mol. The number of amides is 2. The van der Waals surface area contributed by atoms with E-state index in [4.69, 9.17) is 4.74 Å². The molecule has 0 aliphatic carbocycles. The van der Waals surface area contributed by atoms with Gasteiger partial charge in [0.1, 0.15) is 0 Å². The fourth-order valence-corrected chi connectivity index (χ4v) is 1.77. The molecule has 0 unspecified atom stereocenters. The number of rotatable bonds is 13. The van der Waals surface area contributed by atoms with Crippen LogP contribution >= 0.6 is 0 Å². The third kappa shape index (κ3) is 15.3. The third-order valence-corrected chi connectivity index (χ3v) is 2.86. The Hall–Kier alpha value is -1.14. The fraction of sp³-hybridized carbons (Fsp3) is 0.875. The van der Waals surface area contributed by atoms with Crippen LogP contribution in [0.4, 0.5) is 0 Å². The van der Waals surface area contributed by atoms with Crippen LogP contribution in [0, 0.1) is 5.92 Å². The van der Waals surface area contributed by atoms with Gasteiger partial charge in [0.15, 0.2) is 0 Å². The Balaban J connectivity index is 3.33. The molecule has 0 saturated heterocycles. The molecule has 0 bridgehead atoms. The van der Waals surface area contributed by atoms with E-state index in [-0.39, 0.29) is 11.8 Å². The van der Waals surface area contributed by atoms with Crippen LogP contribution in [0.2, 0.25) is 0 Å². The summed E-state index contributed by atoms with van der Waals surface area (Å²) in [6.45, 7) is 11.1. The second kappa shape index (κ2) is 13.5. The molecule has 0 aromatic carbocycles. The maximum atomic E-state index is 11.5. The Bertz CT molecular complexity index is 307. The minimum atomic E-state index is 0.00777. The number of carbonyl (C=O) groups excluding carboxylic acids is 2. The van der Waals surface area contributed by atoms with Crippen molar-refractivity contribution in [3.05, 3.63) is 0 Å². The average Bonchev–Trinajstić information content (AvgIpc) is 2.41. The van der Waals surface area contributed by atoms with Crippen molar-refractivity contribution in [1.29, 1.82) is 0 Å². The lowest BCUT2D eigenvalue weighted by Gasteiger charge is -2.09. The molecule has 0 aromatic rings. The van der Waals surface area contributed by atoms with Crippen LogP contribution in [0.25, 0.3) is 0 Å². The topological polar surface area (TPSA) is 79.5 Å². The van der Waals surface area contributed by atoms with E-state index in [0.29, 0.717) is 51.1 Å². The van der Waals surface area contributed by atoms with Crippen LogP contribution < -0.4 is 16.0 Å². The Kier molecular flexibility index (Phi) is 12.8. The molecular weight excluding hydrogens is 282 g/mol. The molecule has 3 N–H and O–H groups in total. The van der Waals surface area contributed by atoms with Gasteiger partial charge < -0.3 is 20.7 Å². The molecule has 0 aromatic heterocycles. The summed E-state index contributed by atoms with van der Waals surface area (Å²) in [5.41, 5.74) is 0. The lowest BCUT2D eigenvalue weighted by atomic mass is 10.1. The van der Waals surface area contributed by atoms with Gasteiger partial charge in [-0.3, -0.25) is 9.59 Å². The van der Waals surface area contributed by atoms with Crippen LogP contribution in [0.15, 0.2) is 0 Å². The van der Waals surface area contributed by atoms with Crippen LogP contribution in [0.3, 0.4) is 0 Å². The summed E-state index contributed by atoms with van der Waals surface area (Å²) in [5, 5.41) is 8.94. The molecule has 0 saturated carbocycles. The van der Waals surface area contributed by atoms with Gasteiger partial charge in [0, 0.05) is 32.0 Å². The smallest absolute Gasteiger partial charge is 0.222 e. The van der Waals surface area contributed by atoms with E-state index in [1.807, 2.05) is 13.8 Å². The predicted octanol–water partition coefficient (Wildman–Crippen LogP) is 1.06. The van der Waals surface area contributed by atoms with Gasteiger partial charge in [-0.2, -0.15) is 0 Å². The van der Waals surface area contributed by atoms with Gasteiger partial charge in [-0.1, -0.05) is 27.7 Å². The molecule has 0 spiro atoms. The first-order valence-electron chi connectivity index (χ1n) is 8.26. The zero-order valence-corrected chi connectivity index (χ0v) is 14.5. The van der Waals surface area contributed by atoms with Gasteiger partial charge in [-0.25, -0.2) is 0 Å². The third-order valence-electron chi connectivity index (χ3n) is 2.86. The van der Waals surface area contributed by atoms with E-state index in [1.165, 1.54) is 0 Å². The van der Waals surface area contributed by atoms with E-state index in [2.05, 4.69) is 29.8 Å². The highest BCUT2D eigenvalue weighted by atomic mass is 16.5. The summed E-state index contributed by atoms with van der Waals surface area (Å²) >= 11 is 0. The molecular formula is C16H33N3O3. The normalized spacial score (nSPS) is 11.0. The quantitative estimate of drug-likeness (QED) is 0.444. The summed E-state index contributed by atoms with van der Waals surface area (Å²) in [6, 6.07) is 0.477. The number of carbonyl (C=O) groups is 2. The number of nitrogens with one attached hydrogen (secondary N) is 3. The summed E-state index contributed by atoms with van der Waals surface area (Å²) in [4.78, 5) is 22.9. The Labute approximate surface area is 134 Å². The fourth-order valence-electron chi connectivity index (χ4n) is 1.77. The molecule has 0 aliphatic rings. The van der Waals surface area contributed by atoms with Crippen molar-refractivity contribution in [2.24, 2.45) is 5.92 Å². The lowest BCUT2D eigenvalue weighted by molar-refractivity contribution is -0.123. The molecule has 130 valence electrons. The van der Waals surface area contributed by atoms with Crippen LogP contribution in [-0.4, -0.2) is 50.7 Å². The highest BCUT2D eigenvalue weighted by molar-refractivity contribution is 5.76. The van der Waals surface area contributed by atoms with Crippen molar-refractivity contribution in [2.45, 2.75) is 53.0 Å². The summed E-state index contributed by atoms with van der Waals surface area (Å²) < 4.78 is 5.33. The van der Waals surface area contributed by atoms with E-state index in [9.17, 15) is 9.59 Å². The molecule has 0 heterocycles. The van der Waals surface area contributed by atoms with Crippen LogP contribution in [-0.2, 0) is 14.3 Å². The minimum absolute atomic E-state index is 0.00777. The number of hydrogen-bond donors (Lipinski definition) is 3. The zero-order valence-electron chi connectivity index (χ0n) is 14.5. The molecule has 0 fully saturated rings. The van der Waals surface area contributed by atoms with Crippen molar-refractivity contribution in [2.75, 3.05) is 32.8 Å². The largest absolute Gasteiger partial charge is 0.379 e. The first kappa shape index (κ1) is 20.9. The highest BCUT2D eigenvalue weighted by Gasteiger charge is 2.04. The van der Waals surface area contributed by atoms with Gasteiger partial charge in [0.2, 0.25) is 11.8 Å².